The number of halogens is 1. The molecule has 20 heavy (non-hydrogen) atoms. The van der Waals surface area contributed by atoms with Crippen LogP contribution in [0.25, 0.3) is 0 Å². The van der Waals surface area contributed by atoms with E-state index in [1.54, 1.807) is 12.3 Å². The first-order valence-electron chi connectivity index (χ1n) is 7.37. The summed E-state index contributed by atoms with van der Waals surface area (Å²) < 4.78 is 5.73. The van der Waals surface area contributed by atoms with Crippen LogP contribution in [0.2, 0.25) is 0 Å². The van der Waals surface area contributed by atoms with Crippen molar-refractivity contribution in [3.05, 3.63) is 22.6 Å². The van der Waals surface area contributed by atoms with Crippen LogP contribution in [0.4, 0.5) is 0 Å². The van der Waals surface area contributed by atoms with Gasteiger partial charge in [-0.05, 0) is 55.1 Å². The minimum Gasteiger partial charge on any atom is -0.457 e. The quantitative estimate of drug-likeness (QED) is 0.829. The number of hydrogen-bond donors (Lipinski definition) is 0. The van der Waals surface area contributed by atoms with Gasteiger partial charge in [-0.1, -0.05) is 0 Å². The van der Waals surface area contributed by atoms with Gasteiger partial charge in [0, 0.05) is 31.2 Å². The van der Waals surface area contributed by atoms with Crippen molar-refractivity contribution >= 4 is 21.8 Å². The van der Waals surface area contributed by atoms with Crippen LogP contribution in [0.5, 0.6) is 0 Å². The molecule has 2 atom stereocenters. The Morgan fingerprint density at radius 2 is 2.10 bits per heavy atom. The third-order valence-electron chi connectivity index (χ3n) is 4.57. The number of nitrogens with zero attached hydrogens (tertiary/aromatic N) is 2. The number of carbonyl (C=O) groups excluding carboxylic acids is 1. The van der Waals surface area contributed by atoms with E-state index in [2.05, 4.69) is 34.7 Å². The predicted octanol–water partition coefficient (Wildman–Crippen LogP) is 3.13. The lowest BCUT2D eigenvalue weighted by Gasteiger charge is -2.32. The third-order valence-corrected chi connectivity index (χ3v) is 5.19. The minimum atomic E-state index is 0.0851. The summed E-state index contributed by atoms with van der Waals surface area (Å²) in [5.74, 6) is 0.0851. The Bertz CT molecular complexity index is 500. The first-order chi connectivity index (χ1) is 9.58. The van der Waals surface area contributed by atoms with Crippen molar-refractivity contribution in [2.75, 3.05) is 13.1 Å². The van der Waals surface area contributed by atoms with Gasteiger partial charge in [0.05, 0.1) is 11.8 Å². The van der Waals surface area contributed by atoms with Crippen LogP contribution in [0.15, 0.2) is 21.4 Å². The smallest absolute Gasteiger partial charge is 0.258 e. The second-order valence-corrected chi connectivity index (χ2v) is 6.79. The van der Waals surface area contributed by atoms with Gasteiger partial charge in [0.15, 0.2) is 4.67 Å². The number of likely N-dealkylation sites (tertiary alicyclic amines) is 1. The summed E-state index contributed by atoms with van der Waals surface area (Å²) >= 11 is 3.30. The number of fused-ring (bicyclic) bond motifs is 2. The molecule has 0 aromatic carbocycles. The molecule has 1 aromatic heterocycles. The number of carbonyl (C=O) groups is 1. The van der Waals surface area contributed by atoms with Crippen LogP contribution in [0.3, 0.4) is 0 Å². The summed E-state index contributed by atoms with van der Waals surface area (Å²) in [6.07, 6.45) is 5.12. The van der Waals surface area contributed by atoms with Gasteiger partial charge >= 0.3 is 0 Å². The summed E-state index contributed by atoms with van der Waals surface area (Å²) in [6, 6.07) is 3.46. The van der Waals surface area contributed by atoms with Gasteiger partial charge in [-0.2, -0.15) is 0 Å². The van der Waals surface area contributed by atoms with E-state index < -0.39 is 0 Å². The lowest BCUT2D eigenvalue weighted by atomic mass is 10.1. The zero-order valence-corrected chi connectivity index (χ0v) is 13.6. The molecule has 0 unspecified atom stereocenters. The first-order valence-corrected chi connectivity index (χ1v) is 8.17. The molecule has 3 rings (SSSR count). The van der Waals surface area contributed by atoms with Crippen LogP contribution in [-0.4, -0.2) is 46.9 Å². The molecule has 2 aliphatic rings. The van der Waals surface area contributed by atoms with Crippen molar-refractivity contribution in [1.82, 2.24) is 9.80 Å². The molecule has 1 aromatic rings. The molecule has 0 aliphatic carbocycles. The summed E-state index contributed by atoms with van der Waals surface area (Å²) in [5, 5.41) is 0. The lowest BCUT2D eigenvalue weighted by molar-refractivity contribution is 0.0726. The molecule has 2 aliphatic heterocycles. The average molecular weight is 341 g/mol. The van der Waals surface area contributed by atoms with Crippen molar-refractivity contribution < 1.29 is 9.21 Å². The molecular formula is C15H21BrN2O2. The molecule has 3 heterocycles. The monoisotopic (exact) mass is 340 g/mol. The van der Waals surface area contributed by atoms with Crippen molar-refractivity contribution in [1.29, 1.82) is 0 Å². The van der Waals surface area contributed by atoms with E-state index in [0.717, 1.165) is 19.5 Å². The van der Waals surface area contributed by atoms with Crippen LogP contribution < -0.4 is 0 Å². The highest BCUT2D eigenvalue weighted by molar-refractivity contribution is 9.10. The Hall–Kier alpha value is -0.810. The standard InChI is InChI=1S/C15H21BrN2O2/c1-10(2)18-11-3-4-12(18)9-17(7-5-11)15(19)13-6-8-20-14(13)16/h6,8,10-12H,3-5,7,9H2,1-2H3/t11-,12-/m0/s1. The zero-order chi connectivity index (χ0) is 14.3. The van der Waals surface area contributed by atoms with Gasteiger partial charge < -0.3 is 9.32 Å². The van der Waals surface area contributed by atoms with Crippen molar-refractivity contribution in [3.8, 4) is 0 Å². The molecule has 0 spiro atoms. The molecule has 2 bridgehead atoms. The summed E-state index contributed by atoms with van der Waals surface area (Å²) in [5.41, 5.74) is 0.638. The fourth-order valence-electron chi connectivity index (χ4n) is 3.75. The van der Waals surface area contributed by atoms with Crippen molar-refractivity contribution in [2.24, 2.45) is 0 Å². The van der Waals surface area contributed by atoms with E-state index in [-0.39, 0.29) is 5.91 Å². The molecule has 2 saturated heterocycles. The Kier molecular flexibility index (Phi) is 3.91. The van der Waals surface area contributed by atoms with E-state index in [0.29, 0.717) is 28.4 Å². The molecule has 0 N–H and O–H groups in total. The average Bonchev–Trinajstić information content (AvgIpc) is 2.92. The second kappa shape index (κ2) is 5.53. The predicted molar refractivity (Wildman–Crippen MR) is 80.7 cm³/mol. The topological polar surface area (TPSA) is 36.7 Å². The Morgan fingerprint density at radius 1 is 1.35 bits per heavy atom. The fraction of sp³-hybridized carbons (Fsp3) is 0.667. The number of amides is 1. The van der Waals surface area contributed by atoms with Crippen LogP contribution in [0, 0.1) is 0 Å². The molecular weight excluding hydrogens is 320 g/mol. The summed E-state index contributed by atoms with van der Waals surface area (Å²) in [4.78, 5) is 17.2. The van der Waals surface area contributed by atoms with Gasteiger partial charge in [0.2, 0.25) is 0 Å². The van der Waals surface area contributed by atoms with E-state index in [4.69, 9.17) is 4.42 Å². The molecule has 0 radical (unpaired) electrons. The lowest BCUT2D eigenvalue weighted by Crippen LogP contribution is -2.44. The van der Waals surface area contributed by atoms with Gasteiger partial charge in [0.1, 0.15) is 0 Å². The maximum absolute atomic E-state index is 12.6. The first kappa shape index (κ1) is 14.1. The number of hydrogen-bond acceptors (Lipinski definition) is 3. The van der Waals surface area contributed by atoms with Crippen LogP contribution in [-0.2, 0) is 0 Å². The van der Waals surface area contributed by atoms with Gasteiger partial charge in [-0.3, -0.25) is 9.69 Å². The second-order valence-electron chi connectivity index (χ2n) is 6.07. The number of furan rings is 1. The molecule has 1 amide bonds. The molecule has 110 valence electrons. The summed E-state index contributed by atoms with van der Waals surface area (Å²) in [6.45, 7) is 6.21. The SMILES string of the molecule is CC(C)N1[C@H]2CC[C@H]1CN(C(=O)c1ccoc1Br)CC2. The van der Waals surface area contributed by atoms with Gasteiger partial charge in [-0.15, -0.1) is 0 Å². The van der Waals surface area contributed by atoms with Crippen molar-refractivity contribution in [3.63, 3.8) is 0 Å². The Morgan fingerprint density at radius 3 is 2.75 bits per heavy atom. The Balaban J connectivity index is 1.78. The van der Waals surface area contributed by atoms with E-state index in [1.165, 1.54) is 12.8 Å². The maximum Gasteiger partial charge on any atom is 0.258 e. The largest absolute Gasteiger partial charge is 0.457 e. The number of rotatable bonds is 2. The van der Waals surface area contributed by atoms with E-state index >= 15 is 0 Å². The molecule has 0 saturated carbocycles. The summed E-state index contributed by atoms with van der Waals surface area (Å²) in [7, 11) is 0. The Labute approximate surface area is 128 Å². The normalized spacial score (nSPS) is 27.1. The van der Waals surface area contributed by atoms with E-state index in [1.807, 2.05) is 4.90 Å². The maximum atomic E-state index is 12.6. The minimum absolute atomic E-state index is 0.0851. The highest BCUT2D eigenvalue weighted by Gasteiger charge is 2.39. The van der Waals surface area contributed by atoms with Crippen LogP contribution >= 0.6 is 15.9 Å². The third kappa shape index (κ3) is 2.42. The zero-order valence-electron chi connectivity index (χ0n) is 12.0. The molecule has 4 nitrogen and oxygen atoms in total. The molecule has 2 fully saturated rings. The molecule has 5 heteroatoms. The highest BCUT2D eigenvalue weighted by atomic mass is 79.9. The van der Waals surface area contributed by atoms with Gasteiger partial charge in [0.25, 0.3) is 5.91 Å². The highest BCUT2D eigenvalue weighted by Crippen LogP contribution is 2.32. The fourth-order valence-corrected chi connectivity index (χ4v) is 4.16. The van der Waals surface area contributed by atoms with E-state index in [9.17, 15) is 4.79 Å². The van der Waals surface area contributed by atoms with Gasteiger partial charge in [-0.25, -0.2) is 0 Å². The van der Waals surface area contributed by atoms with Crippen molar-refractivity contribution in [2.45, 2.75) is 51.2 Å². The van der Waals surface area contributed by atoms with Crippen LogP contribution in [0.1, 0.15) is 43.5 Å².